The summed E-state index contributed by atoms with van der Waals surface area (Å²) >= 11 is 0. The molecule has 7 nitrogen and oxygen atoms in total. The van der Waals surface area contributed by atoms with Gasteiger partial charge in [-0.3, -0.25) is 4.79 Å². The minimum absolute atomic E-state index is 0.00626. The third-order valence-electron chi connectivity index (χ3n) is 4.85. The summed E-state index contributed by atoms with van der Waals surface area (Å²) in [5.41, 5.74) is 0.523. The van der Waals surface area contributed by atoms with Gasteiger partial charge in [-0.15, -0.1) is 0 Å². The van der Waals surface area contributed by atoms with Crippen molar-refractivity contribution in [3.05, 3.63) is 53.2 Å². The number of nitrogens with zero attached hydrogens (tertiary/aromatic N) is 1. The third kappa shape index (κ3) is 5.08. The van der Waals surface area contributed by atoms with E-state index in [2.05, 4.69) is 15.0 Å². The van der Waals surface area contributed by atoms with Gasteiger partial charge in [0.25, 0.3) is 0 Å². The third-order valence-corrected chi connectivity index (χ3v) is 6.30. The van der Waals surface area contributed by atoms with E-state index in [1.165, 1.54) is 18.2 Å². The number of anilines is 1. The first-order valence-electron chi connectivity index (χ1n) is 9.20. The standard InChI is InChI=1S/C19H20F3N3O4S/c20-19(21,22)13-4-7-17(24-11-13)23-8-1-9-25-30(28,29)14-5-2-12-3-6-15(18(26)27)16(12)10-14/h2,4-5,7,10-11,15,25H,1,3,6,8-9H2,(H,23,24)(H,26,27). The van der Waals surface area contributed by atoms with Gasteiger partial charge in [0, 0.05) is 19.3 Å². The van der Waals surface area contributed by atoms with E-state index in [4.69, 9.17) is 0 Å². The Morgan fingerprint density at radius 2 is 1.97 bits per heavy atom. The summed E-state index contributed by atoms with van der Waals surface area (Å²) in [6, 6.07) is 6.63. The van der Waals surface area contributed by atoms with Crippen LogP contribution in [-0.4, -0.2) is 37.6 Å². The molecule has 30 heavy (non-hydrogen) atoms. The number of hydrogen-bond acceptors (Lipinski definition) is 5. The van der Waals surface area contributed by atoms with Gasteiger partial charge >= 0.3 is 12.1 Å². The predicted octanol–water partition coefficient (Wildman–Crippen LogP) is 3.00. The molecule has 0 aliphatic heterocycles. The molecule has 11 heteroatoms. The van der Waals surface area contributed by atoms with E-state index in [1.807, 2.05) is 0 Å². The number of rotatable bonds is 8. The van der Waals surface area contributed by atoms with Crippen LogP contribution in [0.2, 0.25) is 0 Å². The van der Waals surface area contributed by atoms with E-state index < -0.39 is 33.7 Å². The summed E-state index contributed by atoms with van der Waals surface area (Å²) in [6.07, 6.45) is -2.31. The van der Waals surface area contributed by atoms with E-state index in [9.17, 15) is 31.5 Å². The van der Waals surface area contributed by atoms with Gasteiger partial charge in [0.2, 0.25) is 10.0 Å². The molecular weight excluding hydrogens is 423 g/mol. The van der Waals surface area contributed by atoms with Crippen molar-refractivity contribution < 1.29 is 31.5 Å². The second kappa shape index (κ2) is 8.60. The van der Waals surface area contributed by atoms with Crippen LogP contribution in [0, 0.1) is 0 Å². The first-order valence-corrected chi connectivity index (χ1v) is 10.7. The lowest BCUT2D eigenvalue weighted by molar-refractivity contribution is -0.139. The number of carboxylic acids is 1. The Kier molecular flexibility index (Phi) is 6.32. The molecule has 1 aromatic carbocycles. The number of alkyl halides is 3. The molecule has 0 saturated heterocycles. The van der Waals surface area contributed by atoms with Gasteiger partial charge in [-0.2, -0.15) is 13.2 Å². The molecule has 1 atom stereocenters. The molecule has 1 unspecified atom stereocenters. The lowest BCUT2D eigenvalue weighted by Crippen LogP contribution is -2.26. The van der Waals surface area contributed by atoms with E-state index in [1.54, 1.807) is 6.07 Å². The van der Waals surface area contributed by atoms with Crippen molar-refractivity contribution in [2.24, 2.45) is 0 Å². The normalized spacial score (nSPS) is 16.3. The molecule has 1 aromatic heterocycles. The van der Waals surface area contributed by atoms with Crippen LogP contribution in [0.3, 0.4) is 0 Å². The Bertz CT molecular complexity index is 1020. The minimum atomic E-state index is -4.45. The quantitative estimate of drug-likeness (QED) is 0.542. The van der Waals surface area contributed by atoms with Crippen LogP contribution in [0.25, 0.3) is 0 Å². The van der Waals surface area contributed by atoms with E-state index in [0.29, 0.717) is 31.4 Å². The molecule has 0 bridgehead atoms. The van der Waals surface area contributed by atoms with Gasteiger partial charge < -0.3 is 10.4 Å². The van der Waals surface area contributed by atoms with Gasteiger partial charge in [-0.1, -0.05) is 6.07 Å². The number of benzene rings is 1. The van der Waals surface area contributed by atoms with Gasteiger partial charge in [0.05, 0.1) is 16.4 Å². The van der Waals surface area contributed by atoms with Gasteiger partial charge in [-0.05, 0) is 54.7 Å². The summed E-state index contributed by atoms with van der Waals surface area (Å²) in [5, 5.41) is 12.1. The fourth-order valence-electron chi connectivity index (χ4n) is 3.26. The fraction of sp³-hybridized carbons (Fsp3) is 0.368. The predicted molar refractivity (Wildman–Crippen MR) is 103 cm³/mol. The summed E-state index contributed by atoms with van der Waals surface area (Å²) in [7, 11) is -3.81. The molecule has 0 spiro atoms. The number of carboxylic acid groups (broad SMARTS) is 1. The molecule has 0 saturated carbocycles. The zero-order chi connectivity index (χ0) is 21.9. The first kappa shape index (κ1) is 22.0. The van der Waals surface area contributed by atoms with Crippen LogP contribution in [-0.2, 0) is 27.4 Å². The highest BCUT2D eigenvalue weighted by Gasteiger charge is 2.31. The molecule has 162 valence electrons. The van der Waals surface area contributed by atoms with Crippen LogP contribution >= 0.6 is 0 Å². The van der Waals surface area contributed by atoms with Crippen LogP contribution in [0.5, 0.6) is 0 Å². The van der Waals surface area contributed by atoms with Crippen LogP contribution in [0.15, 0.2) is 41.4 Å². The van der Waals surface area contributed by atoms with Crippen LogP contribution < -0.4 is 10.0 Å². The number of sulfonamides is 1. The van der Waals surface area contributed by atoms with Crippen molar-refractivity contribution in [1.29, 1.82) is 0 Å². The van der Waals surface area contributed by atoms with Crippen molar-refractivity contribution in [2.45, 2.75) is 36.3 Å². The number of hydrogen-bond donors (Lipinski definition) is 3. The largest absolute Gasteiger partial charge is 0.481 e. The fourth-order valence-corrected chi connectivity index (χ4v) is 4.37. The molecule has 1 aliphatic rings. The van der Waals surface area contributed by atoms with Crippen molar-refractivity contribution in [3.8, 4) is 0 Å². The molecule has 2 aromatic rings. The van der Waals surface area contributed by atoms with Gasteiger partial charge in [0.1, 0.15) is 5.82 Å². The summed E-state index contributed by atoms with van der Waals surface area (Å²) in [5.74, 6) is -1.42. The zero-order valence-electron chi connectivity index (χ0n) is 15.7. The van der Waals surface area contributed by atoms with Crippen LogP contribution in [0.4, 0.5) is 19.0 Å². The Morgan fingerprint density at radius 1 is 1.20 bits per heavy atom. The Morgan fingerprint density at radius 3 is 2.60 bits per heavy atom. The lowest BCUT2D eigenvalue weighted by Gasteiger charge is -2.11. The number of aryl methyl sites for hydroxylation is 1. The topological polar surface area (TPSA) is 108 Å². The van der Waals surface area contributed by atoms with Crippen molar-refractivity contribution >= 4 is 21.8 Å². The highest BCUT2D eigenvalue weighted by atomic mass is 32.2. The van der Waals surface area contributed by atoms with E-state index in [0.717, 1.165) is 17.8 Å². The monoisotopic (exact) mass is 443 g/mol. The molecular formula is C19H20F3N3O4S. The number of carbonyl (C=O) groups is 1. The maximum atomic E-state index is 12.5. The number of halogens is 3. The van der Waals surface area contributed by atoms with E-state index >= 15 is 0 Å². The summed E-state index contributed by atoms with van der Waals surface area (Å²) in [4.78, 5) is 15.0. The second-order valence-corrected chi connectivity index (χ2v) is 8.67. The number of aliphatic carboxylic acids is 1. The summed E-state index contributed by atoms with van der Waals surface area (Å²) in [6.45, 7) is 0.390. The maximum Gasteiger partial charge on any atom is 0.417 e. The minimum Gasteiger partial charge on any atom is -0.481 e. The SMILES string of the molecule is O=C(O)C1CCc2ccc(S(=O)(=O)NCCCNc3ccc(C(F)(F)F)cn3)cc21. The Hall–Kier alpha value is -2.66. The summed E-state index contributed by atoms with van der Waals surface area (Å²) < 4.78 is 64.9. The highest BCUT2D eigenvalue weighted by molar-refractivity contribution is 7.89. The molecule has 3 rings (SSSR count). The molecule has 1 aliphatic carbocycles. The van der Waals surface area contributed by atoms with Gasteiger partial charge in [0.15, 0.2) is 0 Å². The number of pyridine rings is 1. The first-order chi connectivity index (χ1) is 14.1. The second-order valence-electron chi connectivity index (χ2n) is 6.90. The zero-order valence-corrected chi connectivity index (χ0v) is 16.6. The molecule has 0 amide bonds. The average molecular weight is 443 g/mol. The molecule has 3 N–H and O–H groups in total. The van der Waals surface area contributed by atoms with Crippen LogP contribution in [0.1, 0.15) is 35.4 Å². The number of fused-ring (bicyclic) bond motifs is 1. The Labute approximate surface area is 171 Å². The smallest absolute Gasteiger partial charge is 0.417 e. The molecule has 1 heterocycles. The lowest BCUT2D eigenvalue weighted by atomic mass is 10.0. The van der Waals surface area contributed by atoms with E-state index in [-0.39, 0.29) is 17.3 Å². The van der Waals surface area contributed by atoms with Crippen molar-refractivity contribution in [3.63, 3.8) is 0 Å². The highest BCUT2D eigenvalue weighted by Crippen LogP contribution is 2.34. The molecule has 0 radical (unpaired) electrons. The number of nitrogens with one attached hydrogen (secondary N) is 2. The maximum absolute atomic E-state index is 12.5. The number of aromatic nitrogens is 1. The molecule has 0 fully saturated rings. The van der Waals surface area contributed by atoms with Gasteiger partial charge in [-0.25, -0.2) is 18.1 Å². The van der Waals surface area contributed by atoms with Crippen molar-refractivity contribution in [1.82, 2.24) is 9.71 Å². The Balaban J connectivity index is 1.51. The average Bonchev–Trinajstić information content (AvgIpc) is 3.11. The van der Waals surface area contributed by atoms with Crippen molar-refractivity contribution in [2.75, 3.05) is 18.4 Å².